The maximum Gasteiger partial charge on any atom is 0.341 e. The lowest BCUT2D eigenvalue weighted by atomic mass is 9.79. The summed E-state index contributed by atoms with van der Waals surface area (Å²) in [5, 5.41) is 0.638. The molecule has 0 spiro atoms. The Hall–Kier alpha value is -3.82. The lowest BCUT2D eigenvalue weighted by Gasteiger charge is -2.43. The normalized spacial score (nSPS) is 19.5. The smallest absolute Gasteiger partial charge is 0.341 e. The van der Waals surface area contributed by atoms with Gasteiger partial charge in [0.2, 0.25) is 0 Å². The van der Waals surface area contributed by atoms with Crippen LogP contribution in [0.4, 0.5) is 5.69 Å². The summed E-state index contributed by atoms with van der Waals surface area (Å²) in [6.07, 6.45) is 2.18. The van der Waals surface area contributed by atoms with Crippen LogP contribution < -0.4 is 4.90 Å². The minimum atomic E-state index is -1.20. The number of rotatable bonds is 5. The van der Waals surface area contributed by atoms with Crippen molar-refractivity contribution in [2.24, 2.45) is 0 Å². The number of benzene rings is 4. The molecule has 0 N–H and O–H groups in total. The third kappa shape index (κ3) is 3.59. The summed E-state index contributed by atoms with van der Waals surface area (Å²) < 4.78 is 5.56. The van der Waals surface area contributed by atoms with E-state index < -0.39 is 5.54 Å². The van der Waals surface area contributed by atoms with Crippen molar-refractivity contribution in [1.29, 1.82) is 0 Å². The third-order valence-corrected chi connectivity index (χ3v) is 6.61. The van der Waals surface area contributed by atoms with Crippen molar-refractivity contribution in [3.63, 3.8) is 0 Å². The van der Waals surface area contributed by atoms with Gasteiger partial charge in [0.05, 0.1) is 13.2 Å². The molecule has 0 amide bonds. The number of hydrogen-bond donors (Lipinski definition) is 0. The summed E-state index contributed by atoms with van der Waals surface area (Å²) in [6, 6.07) is 37.5. The van der Waals surface area contributed by atoms with E-state index >= 15 is 0 Å². The van der Waals surface area contributed by atoms with Crippen molar-refractivity contribution >= 4 is 28.8 Å². The number of halogens is 1. The molecule has 1 aliphatic heterocycles. The second-order valence-corrected chi connectivity index (χ2v) is 8.65. The van der Waals surface area contributed by atoms with Crippen LogP contribution in [0.2, 0.25) is 5.02 Å². The molecule has 4 aromatic carbocycles. The Morgan fingerprint density at radius 1 is 0.794 bits per heavy atom. The van der Waals surface area contributed by atoms with E-state index in [9.17, 15) is 4.79 Å². The zero-order valence-electron chi connectivity index (χ0n) is 18.8. The van der Waals surface area contributed by atoms with Gasteiger partial charge in [-0.15, -0.1) is 0 Å². The number of carbonyl (C=O) groups excluding carboxylic acids is 1. The first-order chi connectivity index (χ1) is 16.7. The highest BCUT2D eigenvalue weighted by Crippen LogP contribution is 2.54. The van der Waals surface area contributed by atoms with Crippen LogP contribution in [0, 0.1) is 0 Å². The second-order valence-electron chi connectivity index (χ2n) is 8.22. The van der Waals surface area contributed by atoms with Crippen molar-refractivity contribution in [3.05, 3.63) is 143 Å². The molecule has 0 aliphatic carbocycles. The molecule has 1 heterocycles. The summed E-state index contributed by atoms with van der Waals surface area (Å²) >= 11 is 6.25. The minimum absolute atomic E-state index is 0.211. The van der Waals surface area contributed by atoms with Crippen molar-refractivity contribution in [1.82, 2.24) is 0 Å². The summed E-state index contributed by atoms with van der Waals surface area (Å²) in [6.45, 7) is 0. The van der Waals surface area contributed by atoms with Crippen LogP contribution in [0.5, 0.6) is 0 Å². The van der Waals surface area contributed by atoms with Crippen molar-refractivity contribution in [2.45, 2.75) is 11.6 Å². The molecule has 0 saturated carbocycles. The lowest BCUT2D eigenvalue weighted by molar-refractivity contribution is -0.145. The van der Waals surface area contributed by atoms with E-state index in [1.165, 1.54) is 7.11 Å². The predicted octanol–water partition coefficient (Wildman–Crippen LogP) is 7.05. The maximum absolute atomic E-state index is 14.0. The van der Waals surface area contributed by atoms with Gasteiger partial charge in [-0.2, -0.15) is 0 Å². The molecular formula is C30H24ClNO2. The summed E-state index contributed by atoms with van der Waals surface area (Å²) in [5.41, 5.74) is 3.43. The van der Waals surface area contributed by atoms with E-state index in [0.717, 1.165) is 28.0 Å². The first kappa shape index (κ1) is 22.0. The van der Waals surface area contributed by atoms with Gasteiger partial charge >= 0.3 is 5.97 Å². The van der Waals surface area contributed by atoms with Crippen LogP contribution in [0.15, 0.2) is 121 Å². The van der Waals surface area contributed by atoms with Gasteiger partial charge in [0.1, 0.15) is 0 Å². The molecule has 0 radical (unpaired) electrons. The standard InChI is InChI=1S/C30H24ClNO2/c1-34-29(33)30(24-15-9-4-10-16-24)27(22-11-5-2-6-12-22)21-28(23-13-7-3-8-14-23)32(30)26-19-17-25(31)18-20-26/h2-21,28H,1H3. The number of anilines is 1. The van der Waals surface area contributed by atoms with Gasteiger partial charge in [-0.05, 0) is 46.5 Å². The van der Waals surface area contributed by atoms with Gasteiger partial charge in [0.25, 0.3) is 0 Å². The fourth-order valence-corrected chi connectivity index (χ4v) is 5.04. The molecule has 0 fully saturated rings. The van der Waals surface area contributed by atoms with E-state index in [1.807, 2.05) is 103 Å². The fourth-order valence-electron chi connectivity index (χ4n) is 4.91. The zero-order valence-corrected chi connectivity index (χ0v) is 19.5. The molecule has 0 aromatic heterocycles. The second kappa shape index (κ2) is 9.20. The minimum Gasteiger partial charge on any atom is -0.467 e. The molecule has 0 bridgehead atoms. The first-order valence-corrected chi connectivity index (χ1v) is 11.6. The average Bonchev–Trinajstić information content (AvgIpc) is 3.27. The Balaban J connectivity index is 1.87. The van der Waals surface area contributed by atoms with Crippen molar-refractivity contribution < 1.29 is 9.53 Å². The molecule has 4 aromatic rings. The van der Waals surface area contributed by atoms with Crippen LogP contribution >= 0.6 is 11.6 Å². The Bertz CT molecular complexity index is 1300. The van der Waals surface area contributed by atoms with Crippen LogP contribution in [0.25, 0.3) is 5.57 Å². The molecule has 0 saturated heterocycles. The molecule has 3 nitrogen and oxygen atoms in total. The number of hydrogen-bond acceptors (Lipinski definition) is 3. The van der Waals surface area contributed by atoms with Crippen LogP contribution in [0.1, 0.15) is 22.7 Å². The lowest BCUT2D eigenvalue weighted by Crippen LogP contribution is -2.51. The molecule has 168 valence electrons. The highest BCUT2D eigenvalue weighted by atomic mass is 35.5. The molecule has 2 unspecified atom stereocenters. The van der Waals surface area contributed by atoms with Crippen molar-refractivity contribution in [3.8, 4) is 0 Å². The number of carbonyl (C=O) groups is 1. The predicted molar refractivity (Wildman–Crippen MR) is 138 cm³/mol. The topological polar surface area (TPSA) is 29.5 Å². The fraction of sp³-hybridized carbons (Fsp3) is 0.100. The quantitative estimate of drug-likeness (QED) is 0.296. The highest BCUT2D eigenvalue weighted by Gasteiger charge is 2.56. The van der Waals surface area contributed by atoms with E-state index in [1.54, 1.807) is 0 Å². The van der Waals surface area contributed by atoms with Crippen molar-refractivity contribution in [2.75, 3.05) is 12.0 Å². The molecule has 34 heavy (non-hydrogen) atoms. The van der Waals surface area contributed by atoms with E-state index in [4.69, 9.17) is 16.3 Å². The number of ether oxygens (including phenoxy) is 1. The van der Waals surface area contributed by atoms with E-state index in [0.29, 0.717) is 5.02 Å². The SMILES string of the molecule is COC(=O)C1(c2ccccc2)C(c2ccccc2)=CC(c2ccccc2)N1c1ccc(Cl)cc1. The van der Waals surface area contributed by atoms with Crippen LogP contribution in [-0.4, -0.2) is 13.1 Å². The number of esters is 1. The number of nitrogens with zero attached hydrogens (tertiary/aromatic N) is 1. The van der Waals surface area contributed by atoms with Gasteiger partial charge in [-0.1, -0.05) is 109 Å². The summed E-state index contributed by atoms with van der Waals surface area (Å²) in [5.74, 6) is -0.345. The summed E-state index contributed by atoms with van der Waals surface area (Å²) in [4.78, 5) is 16.2. The van der Waals surface area contributed by atoms with Crippen LogP contribution in [-0.2, 0) is 15.1 Å². The molecule has 2 atom stereocenters. The largest absolute Gasteiger partial charge is 0.467 e. The van der Waals surface area contributed by atoms with Gasteiger partial charge in [-0.25, -0.2) is 4.79 Å². The van der Waals surface area contributed by atoms with Gasteiger partial charge in [-0.3, -0.25) is 0 Å². The van der Waals surface area contributed by atoms with Gasteiger partial charge < -0.3 is 9.64 Å². The molecule has 5 rings (SSSR count). The summed E-state index contributed by atoms with van der Waals surface area (Å²) in [7, 11) is 1.45. The Morgan fingerprint density at radius 2 is 1.35 bits per heavy atom. The Kier molecular flexibility index (Phi) is 5.95. The number of methoxy groups -OCH3 is 1. The van der Waals surface area contributed by atoms with Gasteiger partial charge in [0, 0.05) is 10.7 Å². The van der Waals surface area contributed by atoms with E-state index in [2.05, 4.69) is 23.1 Å². The maximum atomic E-state index is 14.0. The van der Waals surface area contributed by atoms with Gasteiger partial charge in [0.15, 0.2) is 5.54 Å². The Labute approximate surface area is 204 Å². The van der Waals surface area contributed by atoms with E-state index in [-0.39, 0.29) is 12.0 Å². The third-order valence-electron chi connectivity index (χ3n) is 6.36. The monoisotopic (exact) mass is 465 g/mol. The highest BCUT2D eigenvalue weighted by molar-refractivity contribution is 6.30. The average molecular weight is 466 g/mol. The molecular weight excluding hydrogens is 442 g/mol. The molecule has 1 aliphatic rings. The first-order valence-electron chi connectivity index (χ1n) is 11.2. The molecule has 4 heteroatoms. The zero-order chi connectivity index (χ0) is 23.5. The van der Waals surface area contributed by atoms with Crippen LogP contribution in [0.3, 0.4) is 0 Å². The Morgan fingerprint density at radius 3 is 1.94 bits per heavy atom.